The van der Waals surface area contributed by atoms with Crippen LogP contribution in [0.25, 0.3) is 0 Å². The van der Waals surface area contributed by atoms with E-state index >= 15 is 0 Å². The number of amides is 3. The fourth-order valence-corrected chi connectivity index (χ4v) is 4.27. The van der Waals surface area contributed by atoms with E-state index in [0.29, 0.717) is 26.2 Å². The molecule has 0 saturated carbocycles. The van der Waals surface area contributed by atoms with E-state index in [2.05, 4.69) is 5.32 Å². The maximum Gasteiger partial charge on any atom is 0.318 e. The highest BCUT2D eigenvalue weighted by Gasteiger charge is 2.26. The Morgan fingerprint density at radius 3 is 2.42 bits per heavy atom. The third-order valence-corrected chi connectivity index (χ3v) is 6.16. The summed E-state index contributed by atoms with van der Waals surface area (Å²) in [6.45, 7) is 6.28. The normalized spacial score (nSPS) is 16.1. The van der Waals surface area contributed by atoms with Gasteiger partial charge in [0.25, 0.3) is 5.91 Å². The molecule has 3 heterocycles. The van der Waals surface area contributed by atoms with Gasteiger partial charge in [-0.2, -0.15) is 0 Å². The van der Waals surface area contributed by atoms with Gasteiger partial charge < -0.3 is 15.1 Å². The first kappa shape index (κ1) is 17.0. The molecule has 0 aliphatic carbocycles. The molecule has 128 valence electrons. The van der Waals surface area contributed by atoms with Gasteiger partial charge in [-0.25, -0.2) is 4.79 Å². The molecule has 7 heteroatoms. The van der Waals surface area contributed by atoms with Crippen LogP contribution in [0.15, 0.2) is 29.6 Å². The van der Waals surface area contributed by atoms with Gasteiger partial charge in [-0.05, 0) is 37.4 Å². The summed E-state index contributed by atoms with van der Waals surface area (Å²) in [6, 6.07) is 7.80. The minimum atomic E-state index is -0.0602. The summed E-state index contributed by atoms with van der Waals surface area (Å²) in [5.41, 5.74) is 0. The minimum Gasteiger partial charge on any atom is -0.334 e. The Labute approximate surface area is 149 Å². The number of urea groups is 1. The summed E-state index contributed by atoms with van der Waals surface area (Å²) < 4.78 is 0. The van der Waals surface area contributed by atoms with Crippen LogP contribution >= 0.6 is 22.7 Å². The fourth-order valence-electron chi connectivity index (χ4n) is 2.70. The number of carbonyl (C=O) groups is 2. The number of aryl methyl sites for hydroxylation is 1. The maximum atomic E-state index is 12.4. The van der Waals surface area contributed by atoms with Crippen molar-refractivity contribution in [3.05, 3.63) is 44.3 Å². The topological polar surface area (TPSA) is 52.7 Å². The Morgan fingerprint density at radius 1 is 1.12 bits per heavy atom. The maximum absolute atomic E-state index is 12.4. The van der Waals surface area contributed by atoms with E-state index in [1.165, 1.54) is 11.3 Å². The lowest BCUT2D eigenvalue weighted by Crippen LogP contribution is -2.53. The first-order valence-electron chi connectivity index (χ1n) is 7.99. The third-order valence-electron chi connectivity index (χ3n) is 4.12. The van der Waals surface area contributed by atoms with E-state index in [0.717, 1.165) is 14.6 Å². The van der Waals surface area contributed by atoms with Crippen LogP contribution in [-0.2, 0) is 0 Å². The molecule has 0 bridgehead atoms. The molecule has 1 unspecified atom stereocenters. The summed E-state index contributed by atoms with van der Waals surface area (Å²) in [4.78, 5) is 31.5. The molecule has 3 amide bonds. The van der Waals surface area contributed by atoms with Crippen LogP contribution < -0.4 is 5.32 Å². The molecule has 2 aromatic heterocycles. The van der Waals surface area contributed by atoms with Crippen LogP contribution in [0.1, 0.15) is 32.4 Å². The van der Waals surface area contributed by atoms with Gasteiger partial charge in [0.15, 0.2) is 0 Å². The smallest absolute Gasteiger partial charge is 0.318 e. The standard InChI is InChI=1S/C17H21N3O2S2/c1-12-5-6-15(24-12)16(21)19-7-9-20(10-8-19)17(22)18-13(2)14-4-3-11-23-14/h3-6,11,13H,7-10H2,1-2H3,(H,18,22). The average Bonchev–Trinajstić information content (AvgIpc) is 3.26. The molecule has 24 heavy (non-hydrogen) atoms. The van der Waals surface area contributed by atoms with Gasteiger partial charge >= 0.3 is 6.03 Å². The lowest BCUT2D eigenvalue weighted by atomic mass is 10.2. The predicted octanol–water partition coefficient (Wildman–Crippen LogP) is 3.35. The van der Waals surface area contributed by atoms with Crippen LogP contribution in [0, 0.1) is 6.92 Å². The molecular weight excluding hydrogens is 342 g/mol. The van der Waals surface area contributed by atoms with Crippen molar-refractivity contribution < 1.29 is 9.59 Å². The Kier molecular flexibility index (Phi) is 5.20. The van der Waals surface area contributed by atoms with Crippen molar-refractivity contribution in [1.29, 1.82) is 0 Å². The van der Waals surface area contributed by atoms with Gasteiger partial charge in [0, 0.05) is 35.9 Å². The molecule has 1 fully saturated rings. The van der Waals surface area contributed by atoms with Gasteiger partial charge in [-0.15, -0.1) is 22.7 Å². The fraction of sp³-hybridized carbons (Fsp3) is 0.412. The zero-order valence-corrected chi connectivity index (χ0v) is 15.5. The molecule has 1 saturated heterocycles. The summed E-state index contributed by atoms with van der Waals surface area (Å²) in [7, 11) is 0. The Bertz CT molecular complexity index is 703. The third kappa shape index (κ3) is 3.79. The first-order valence-corrected chi connectivity index (χ1v) is 9.69. The van der Waals surface area contributed by atoms with Crippen molar-refractivity contribution in [2.75, 3.05) is 26.2 Å². The summed E-state index contributed by atoms with van der Waals surface area (Å²) in [6.07, 6.45) is 0. The monoisotopic (exact) mass is 363 g/mol. The zero-order chi connectivity index (χ0) is 17.1. The number of carbonyl (C=O) groups excluding carboxylic acids is 2. The molecule has 1 N–H and O–H groups in total. The molecule has 0 radical (unpaired) electrons. The molecule has 2 aromatic rings. The van der Waals surface area contributed by atoms with Gasteiger partial charge in [0.1, 0.15) is 0 Å². The van der Waals surface area contributed by atoms with Crippen LogP contribution in [0.3, 0.4) is 0 Å². The highest BCUT2D eigenvalue weighted by Crippen LogP contribution is 2.20. The van der Waals surface area contributed by atoms with Gasteiger partial charge in [0.2, 0.25) is 0 Å². The summed E-state index contributed by atoms with van der Waals surface area (Å²) in [5, 5.41) is 5.04. The number of hydrogen-bond acceptors (Lipinski definition) is 4. The van der Waals surface area contributed by atoms with Crippen LogP contribution in [0.5, 0.6) is 0 Å². The molecule has 0 aromatic carbocycles. The van der Waals surface area contributed by atoms with Crippen molar-refractivity contribution in [3.8, 4) is 0 Å². The van der Waals surface area contributed by atoms with Crippen molar-refractivity contribution in [1.82, 2.24) is 15.1 Å². The Morgan fingerprint density at radius 2 is 1.83 bits per heavy atom. The van der Waals surface area contributed by atoms with E-state index in [-0.39, 0.29) is 18.0 Å². The number of piperazine rings is 1. The van der Waals surface area contributed by atoms with Crippen LogP contribution in [0.2, 0.25) is 0 Å². The average molecular weight is 364 g/mol. The second kappa shape index (κ2) is 7.36. The molecule has 0 spiro atoms. The van der Waals surface area contributed by atoms with E-state index in [1.807, 2.05) is 48.4 Å². The first-order chi connectivity index (χ1) is 11.5. The second-order valence-corrected chi connectivity index (χ2v) is 8.14. The minimum absolute atomic E-state index is 0.00579. The number of hydrogen-bond donors (Lipinski definition) is 1. The highest BCUT2D eigenvalue weighted by atomic mass is 32.1. The van der Waals surface area contributed by atoms with Crippen LogP contribution in [-0.4, -0.2) is 47.9 Å². The van der Waals surface area contributed by atoms with Crippen molar-refractivity contribution >= 4 is 34.6 Å². The van der Waals surface area contributed by atoms with Gasteiger partial charge in [-0.1, -0.05) is 6.07 Å². The van der Waals surface area contributed by atoms with E-state index in [4.69, 9.17) is 0 Å². The van der Waals surface area contributed by atoms with Crippen molar-refractivity contribution in [3.63, 3.8) is 0 Å². The summed E-state index contributed by atoms with van der Waals surface area (Å²) >= 11 is 3.16. The summed E-state index contributed by atoms with van der Waals surface area (Å²) in [5.74, 6) is 0.0695. The van der Waals surface area contributed by atoms with Crippen molar-refractivity contribution in [2.45, 2.75) is 19.9 Å². The highest BCUT2D eigenvalue weighted by molar-refractivity contribution is 7.13. The number of rotatable bonds is 3. The molecular formula is C17H21N3O2S2. The molecule has 1 aliphatic heterocycles. The largest absolute Gasteiger partial charge is 0.334 e. The Hall–Kier alpha value is -1.86. The van der Waals surface area contributed by atoms with Crippen molar-refractivity contribution in [2.24, 2.45) is 0 Å². The quantitative estimate of drug-likeness (QED) is 0.909. The van der Waals surface area contributed by atoms with Crippen LogP contribution in [0.4, 0.5) is 4.79 Å². The lowest BCUT2D eigenvalue weighted by Gasteiger charge is -2.35. The Balaban J connectivity index is 1.51. The van der Waals surface area contributed by atoms with Gasteiger partial charge in [-0.3, -0.25) is 4.79 Å². The predicted molar refractivity (Wildman–Crippen MR) is 97.8 cm³/mol. The van der Waals surface area contributed by atoms with E-state index in [1.54, 1.807) is 16.2 Å². The SMILES string of the molecule is Cc1ccc(C(=O)N2CCN(C(=O)NC(C)c3cccs3)CC2)s1. The number of thiophene rings is 2. The van der Waals surface area contributed by atoms with Gasteiger partial charge in [0.05, 0.1) is 10.9 Å². The number of nitrogens with one attached hydrogen (secondary N) is 1. The molecule has 1 aliphatic rings. The lowest BCUT2D eigenvalue weighted by molar-refractivity contribution is 0.0668. The second-order valence-electron chi connectivity index (χ2n) is 5.88. The number of nitrogens with zero attached hydrogens (tertiary/aromatic N) is 2. The molecule has 5 nitrogen and oxygen atoms in total. The molecule has 1 atom stereocenters. The molecule has 3 rings (SSSR count). The van der Waals surface area contributed by atoms with E-state index < -0.39 is 0 Å². The zero-order valence-electron chi connectivity index (χ0n) is 13.8. The van der Waals surface area contributed by atoms with E-state index in [9.17, 15) is 9.59 Å².